The SMILES string of the molecule is CCCc1oc2c(NCc3cccs3)cc(Cl)nc2c1C=O. The van der Waals surface area contributed by atoms with Gasteiger partial charge in [-0.3, -0.25) is 4.79 Å². The Balaban J connectivity index is 2.03. The predicted octanol–water partition coefficient (Wildman–Crippen LogP) is 4.92. The number of pyridine rings is 1. The summed E-state index contributed by atoms with van der Waals surface area (Å²) in [6, 6.07) is 5.79. The van der Waals surface area contributed by atoms with Gasteiger partial charge in [0.25, 0.3) is 0 Å². The Hall–Kier alpha value is -1.85. The molecule has 0 aliphatic carbocycles. The van der Waals surface area contributed by atoms with Crippen LogP contribution in [-0.2, 0) is 13.0 Å². The number of aromatic nitrogens is 1. The third-order valence-corrected chi connectivity index (χ3v) is 4.42. The summed E-state index contributed by atoms with van der Waals surface area (Å²) in [4.78, 5) is 16.8. The van der Waals surface area contributed by atoms with Gasteiger partial charge in [0.2, 0.25) is 0 Å². The van der Waals surface area contributed by atoms with Crippen LogP contribution in [0, 0.1) is 0 Å². The Morgan fingerprint density at radius 1 is 1.50 bits per heavy atom. The summed E-state index contributed by atoms with van der Waals surface area (Å²) < 4.78 is 5.88. The largest absolute Gasteiger partial charge is 0.456 e. The van der Waals surface area contributed by atoms with Gasteiger partial charge >= 0.3 is 0 Å². The lowest BCUT2D eigenvalue weighted by Crippen LogP contribution is -1.98. The van der Waals surface area contributed by atoms with Gasteiger partial charge in [0.15, 0.2) is 11.9 Å². The topological polar surface area (TPSA) is 55.1 Å². The fraction of sp³-hybridized carbons (Fsp3) is 0.250. The van der Waals surface area contributed by atoms with Crippen LogP contribution in [0.25, 0.3) is 11.1 Å². The maximum Gasteiger partial charge on any atom is 0.176 e. The molecule has 0 aliphatic heterocycles. The number of fused-ring (bicyclic) bond motifs is 1. The van der Waals surface area contributed by atoms with Gasteiger partial charge in [0.05, 0.1) is 11.3 Å². The molecule has 0 amide bonds. The first-order chi connectivity index (χ1) is 10.7. The summed E-state index contributed by atoms with van der Waals surface area (Å²) in [5.41, 5.74) is 2.37. The standard InChI is InChI=1S/C16H15ClN2O2S/c1-2-4-13-11(9-20)15-16(21-13)12(7-14(17)19-15)18-8-10-5-3-6-22-10/h3,5-7,9H,2,4,8H2,1H3,(H,18,19). The zero-order valence-corrected chi connectivity index (χ0v) is 13.6. The van der Waals surface area contributed by atoms with Gasteiger partial charge in [-0.1, -0.05) is 24.6 Å². The first-order valence-electron chi connectivity index (χ1n) is 7.06. The van der Waals surface area contributed by atoms with Crippen LogP contribution in [0.5, 0.6) is 0 Å². The molecule has 0 aliphatic rings. The minimum absolute atomic E-state index is 0.341. The molecule has 0 unspecified atom stereocenters. The average Bonchev–Trinajstić information content (AvgIpc) is 3.12. The van der Waals surface area contributed by atoms with Crippen molar-refractivity contribution in [2.45, 2.75) is 26.3 Å². The molecule has 0 saturated heterocycles. The number of aryl methyl sites for hydroxylation is 1. The summed E-state index contributed by atoms with van der Waals surface area (Å²) in [6.07, 6.45) is 2.39. The van der Waals surface area contributed by atoms with Crippen molar-refractivity contribution in [3.8, 4) is 0 Å². The number of thiophene rings is 1. The second-order valence-electron chi connectivity index (χ2n) is 4.91. The van der Waals surface area contributed by atoms with E-state index in [4.69, 9.17) is 16.0 Å². The number of hydrogen-bond acceptors (Lipinski definition) is 5. The molecule has 0 bridgehead atoms. The predicted molar refractivity (Wildman–Crippen MR) is 90.0 cm³/mol. The lowest BCUT2D eigenvalue weighted by Gasteiger charge is -2.05. The van der Waals surface area contributed by atoms with Crippen molar-refractivity contribution < 1.29 is 9.21 Å². The minimum Gasteiger partial charge on any atom is -0.456 e. The molecule has 3 aromatic heterocycles. The maximum atomic E-state index is 11.4. The number of anilines is 1. The van der Waals surface area contributed by atoms with Gasteiger partial charge in [0.1, 0.15) is 16.4 Å². The van der Waals surface area contributed by atoms with Crippen molar-refractivity contribution in [1.29, 1.82) is 0 Å². The molecule has 3 heterocycles. The fourth-order valence-corrected chi connectivity index (χ4v) is 3.20. The molecule has 0 aromatic carbocycles. The first kappa shape index (κ1) is 15.1. The number of aldehydes is 1. The molecule has 0 atom stereocenters. The van der Waals surface area contributed by atoms with Crippen molar-refractivity contribution in [2.24, 2.45) is 0 Å². The highest BCUT2D eigenvalue weighted by Crippen LogP contribution is 2.32. The van der Waals surface area contributed by atoms with E-state index in [1.807, 2.05) is 18.4 Å². The van der Waals surface area contributed by atoms with Crippen LogP contribution in [0.2, 0.25) is 5.15 Å². The summed E-state index contributed by atoms with van der Waals surface area (Å²) in [5.74, 6) is 0.668. The summed E-state index contributed by atoms with van der Waals surface area (Å²) in [5, 5.41) is 5.69. The highest BCUT2D eigenvalue weighted by Gasteiger charge is 2.18. The number of nitrogens with zero attached hydrogens (tertiary/aromatic N) is 1. The van der Waals surface area contributed by atoms with Crippen molar-refractivity contribution in [1.82, 2.24) is 4.98 Å². The quantitative estimate of drug-likeness (QED) is 0.513. The molecule has 22 heavy (non-hydrogen) atoms. The molecule has 4 nitrogen and oxygen atoms in total. The normalized spacial score (nSPS) is 11.0. The van der Waals surface area contributed by atoms with E-state index in [1.165, 1.54) is 4.88 Å². The molecule has 6 heteroatoms. The number of carbonyl (C=O) groups excluding carboxylic acids is 1. The molecule has 0 fully saturated rings. The second-order valence-corrected chi connectivity index (χ2v) is 6.33. The molecule has 0 radical (unpaired) electrons. The third kappa shape index (κ3) is 2.87. The van der Waals surface area contributed by atoms with E-state index in [2.05, 4.69) is 16.4 Å². The lowest BCUT2D eigenvalue weighted by molar-refractivity contribution is 0.112. The van der Waals surface area contributed by atoms with Crippen LogP contribution in [0.1, 0.15) is 34.3 Å². The molecule has 3 aromatic rings. The smallest absolute Gasteiger partial charge is 0.176 e. The summed E-state index contributed by atoms with van der Waals surface area (Å²) >= 11 is 7.77. The van der Waals surface area contributed by atoms with E-state index in [0.29, 0.717) is 40.5 Å². The minimum atomic E-state index is 0.341. The zero-order valence-electron chi connectivity index (χ0n) is 12.1. The number of halogens is 1. The van der Waals surface area contributed by atoms with Crippen LogP contribution < -0.4 is 5.32 Å². The van der Waals surface area contributed by atoms with Crippen LogP contribution in [0.15, 0.2) is 28.0 Å². The first-order valence-corrected chi connectivity index (χ1v) is 8.32. The van der Waals surface area contributed by atoms with Crippen LogP contribution in [0.3, 0.4) is 0 Å². The monoisotopic (exact) mass is 334 g/mol. The zero-order chi connectivity index (χ0) is 15.5. The van der Waals surface area contributed by atoms with Crippen LogP contribution >= 0.6 is 22.9 Å². The molecule has 3 rings (SSSR count). The van der Waals surface area contributed by atoms with Gasteiger partial charge in [-0.15, -0.1) is 11.3 Å². The van der Waals surface area contributed by atoms with Crippen LogP contribution in [0.4, 0.5) is 5.69 Å². The number of hydrogen-bond donors (Lipinski definition) is 1. The van der Waals surface area contributed by atoms with Crippen molar-refractivity contribution in [2.75, 3.05) is 5.32 Å². The van der Waals surface area contributed by atoms with E-state index in [1.54, 1.807) is 17.4 Å². The Morgan fingerprint density at radius 2 is 2.36 bits per heavy atom. The van der Waals surface area contributed by atoms with Crippen LogP contribution in [-0.4, -0.2) is 11.3 Å². The van der Waals surface area contributed by atoms with Gasteiger partial charge in [-0.2, -0.15) is 0 Å². The van der Waals surface area contributed by atoms with E-state index < -0.39 is 0 Å². The van der Waals surface area contributed by atoms with Gasteiger partial charge in [-0.25, -0.2) is 4.98 Å². The Labute approximate surface area is 137 Å². The average molecular weight is 335 g/mol. The number of nitrogens with one attached hydrogen (secondary N) is 1. The Kier molecular flexibility index (Phi) is 4.45. The van der Waals surface area contributed by atoms with Gasteiger partial charge in [-0.05, 0) is 17.9 Å². The van der Waals surface area contributed by atoms with Crippen molar-refractivity contribution in [3.05, 3.63) is 44.9 Å². The van der Waals surface area contributed by atoms with Crippen molar-refractivity contribution in [3.63, 3.8) is 0 Å². The van der Waals surface area contributed by atoms with E-state index >= 15 is 0 Å². The molecular formula is C16H15ClN2O2S. The Morgan fingerprint density at radius 3 is 3.05 bits per heavy atom. The summed E-state index contributed by atoms with van der Waals surface area (Å²) in [6.45, 7) is 2.71. The number of rotatable bonds is 6. The second kappa shape index (κ2) is 6.50. The summed E-state index contributed by atoms with van der Waals surface area (Å²) in [7, 11) is 0. The van der Waals surface area contributed by atoms with E-state index in [9.17, 15) is 4.79 Å². The molecule has 0 saturated carbocycles. The number of carbonyl (C=O) groups is 1. The molecule has 1 N–H and O–H groups in total. The highest BCUT2D eigenvalue weighted by molar-refractivity contribution is 7.09. The van der Waals surface area contributed by atoms with Crippen molar-refractivity contribution >= 4 is 46.0 Å². The molecule has 114 valence electrons. The number of furan rings is 1. The highest BCUT2D eigenvalue weighted by atomic mass is 35.5. The van der Waals surface area contributed by atoms with E-state index in [-0.39, 0.29) is 0 Å². The lowest BCUT2D eigenvalue weighted by atomic mass is 10.1. The third-order valence-electron chi connectivity index (χ3n) is 3.35. The van der Waals surface area contributed by atoms with Gasteiger partial charge in [0, 0.05) is 23.9 Å². The molecule has 0 spiro atoms. The fourth-order valence-electron chi connectivity index (χ4n) is 2.36. The molecular weight excluding hydrogens is 320 g/mol. The van der Waals surface area contributed by atoms with Gasteiger partial charge < -0.3 is 9.73 Å². The van der Waals surface area contributed by atoms with E-state index in [0.717, 1.165) is 18.4 Å². The maximum absolute atomic E-state index is 11.4. The Bertz CT molecular complexity index is 796.